The molecular weight excluding hydrogens is 560 g/mol. The van der Waals surface area contributed by atoms with Crippen molar-refractivity contribution in [3.63, 3.8) is 0 Å². The number of hydrogen-bond acceptors (Lipinski definition) is 3. The van der Waals surface area contributed by atoms with Gasteiger partial charge in [-0.05, 0) is 48.5 Å². The van der Waals surface area contributed by atoms with Crippen LogP contribution in [0.1, 0.15) is 15.9 Å². The van der Waals surface area contributed by atoms with Crippen LogP contribution in [0, 0.1) is 0 Å². The molecule has 3 aromatic carbocycles. The van der Waals surface area contributed by atoms with Crippen LogP contribution in [0.25, 0.3) is 33.1 Å². The van der Waals surface area contributed by atoms with Crippen LogP contribution in [0.4, 0.5) is 0 Å². The van der Waals surface area contributed by atoms with Crippen molar-refractivity contribution in [2.24, 2.45) is 0 Å². The summed E-state index contributed by atoms with van der Waals surface area (Å²) in [6.45, 7) is 0.685. The lowest BCUT2D eigenvalue weighted by atomic mass is 10.0. The molecule has 0 aliphatic carbocycles. The summed E-state index contributed by atoms with van der Waals surface area (Å²) in [5, 5.41) is 2.21. The lowest BCUT2D eigenvalue weighted by Crippen LogP contribution is -3.00. The maximum Gasteiger partial charge on any atom is 0.337 e. The molecule has 7 heteroatoms. The highest BCUT2D eigenvalue weighted by atomic mass is 79.9. The van der Waals surface area contributed by atoms with Crippen LogP contribution in [-0.4, -0.2) is 25.2 Å². The molecule has 5 rings (SSSR count). The molecule has 0 radical (unpaired) electrons. The Morgan fingerprint density at radius 2 is 1.74 bits per heavy atom. The molecule has 5 nitrogen and oxygen atoms in total. The standard InChI is InChI=1S/C27H21BrN2O3.BrH/c1-32-20-11-12-24-22(15-20)21-13-14-30(16-19-5-3-4-6-23(19)28)26(25(21)29-24)17-7-9-18(10-8-17)27(31)33-2;/h3-15H,16H2,1-2H3;1H. The number of fused-ring (bicyclic) bond motifs is 3. The molecule has 5 aromatic rings. The Kier molecular flexibility index (Phi) is 7.05. The number of rotatable bonds is 5. The first-order valence-corrected chi connectivity index (χ1v) is 11.3. The highest BCUT2D eigenvalue weighted by molar-refractivity contribution is 9.10. The molecule has 34 heavy (non-hydrogen) atoms. The van der Waals surface area contributed by atoms with E-state index in [1.165, 1.54) is 12.7 Å². The van der Waals surface area contributed by atoms with E-state index in [1.807, 2.05) is 36.4 Å². The molecule has 0 saturated heterocycles. The molecule has 0 aliphatic heterocycles. The first-order chi connectivity index (χ1) is 16.1. The van der Waals surface area contributed by atoms with Crippen LogP contribution in [0.15, 0.2) is 83.5 Å². The van der Waals surface area contributed by atoms with Crippen molar-refractivity contribution in [1.29, 1.82) is 0 Å². The Morgan fingerprint density at radius 1 is 0.971 bits per heavy atom. The smallest absolute Gasteiger partial charge is 0.337 e. The van der Waals surface area contributed by atoms with Gasteiger partial charge in [0.15, 0.2) is 12.7 Å². The van der Waals surface area contributed by atoms with Crippen LogP contribution in [0.5, 0.6) is 5.75 Å². The molecule has 1 N–H and O–H groups in total. The number of ether oxygens (including phenoxy) is 2. The van der Waals surface area contributed by atoms with Crippen molar-refractivity contribution in [3.05, 3.63) is 94.6 Å². The number of nitrogens with one attached hydrogen (secondary N) is 1. The highest BCUT2D eigenvalue weighted by Gasteiger charge is 2.22. The van der Waals surface area contributed by atoms with Crippen molar-refractivity contribution in [3.8, 4) is 17.0 Å². The molecule has 0 spiro atoms. The zero-order chi connectivity index (χ0) is 22.9. The Labute approximate surface area is 216 Å². The van der Waals surface area contributed by atoms with Crippen molar-refractivity contribution in [2.75, 3.05) is 14.2 Å². The molecule has 0 saturated carbocycles. The fourth-order valence-corrected chi connectivity index (χ4v) is 4.61. The van der Waals surface area contributed by atoms with E-state index in [4.69, 9.17) is 9.47 Å². The Morgan fingerprint density at radius 3 is 2.44 bits per heavy atom. The number of carbonyl (C=O) groups is 1. The lowest BCUT2D eigenvalue weighted by Gasteiger charge is -2.08. The second-order valence-corrected chi connectivity index (χ2v) is 8.63. The SMILES string of the molecule is COC(=O)c1ccc(-c2c3[nH]c4ccc(OC)cc4c3cc[n+]2Cc2ccccc2Br)cc1.[Br-]. The van der Waals surface area contributed by atoms with Gasteiger partial charge in [0.2, 0.25) is 5.69 Å². The summed E-state index contributed by atoms with van der Waals surface area (Å²) < 4.78 is 13.6. The minimum Gasteiger partial charge on any atom is -1.00 e. The van der Waals surface area contributed by atoms with E-state index < -0.39 is 0 Å². The molecule has 0 fully saturated rings. The summed E-state index contributed by atoms with van der Waals surface area (Å²) in [6, 6.07) is 23.9. The third kappa shape index (κ3) is 4.33. The molecule has 0 bridgehead atoms. The zero-order valence-corrected chi connectivity index (χ0v) is 21.8. The predicted molar refractivity (Wildman–Crippen MR) is 133 cm³/mol. The quantitative estimate of drug-likeness (QED) is 0.257. The van der Waals surface area contributed by atoms with Crippen LogP contribution < -0.4 is 26.3 Å². The number of H-pyrrole nitrogens is 1. The Balaban J connectivity index is 0.00000274. The summed E-state index contributed by atoms with van der Waals surface area (Å²) in [5.74, 6) is 0.468. The van der Waals surface area contributed by atoms with Crippen molar-refractivity contribution < 1.29 is 35.8 Å². The number of pyridine rings is 1. The zero-order valence-electron chi connectivity index (χ0n) is 18.6. The average Bonchev–Trinajstić information content (AvgIpc) is 3.22. The maximum atomic E-state index is 11.9. The van der Waals surface area contributed by atoms with E-state index in [-0.39, 0.29) is 23.0 Å². The minimum atomic E-state index is -0.349. The molecule has 0 amide bonds. The van der Waals surface area contributed by atoms with Gasteiger partial charge in [-0.15, -0.1) is 0 Å². The molecular formula is C27H22Br2N2O3. The van der Waals surface area contributed by atoms with E-state index >= 15 is 0 Å². The van der Waals surface area contributed by atoms with E-state index in [1.54, 1.807) is 19.2 Å². The van der Waals surface area contributed by atoms with Gasteiger partial charge in [-0.2, -0.15) is 4.57 Å². The summed E-state index contributed by atoms with van der Waals surface area (Å²) >= 11 is 3.68. The molecule has 0 aliphatic rings. The molecule has 0 atom stereocenters. The van der Waals surface area contributed by atoms with Gasteiger partial charge in [-0.3, -0.25) is 0 Å². The van der Waals surface area contributed by atoms with Crippen molar-refractivity contribution in [2.45, 2.75) is 6.54 Å². The van der Waals surface area contributed by atoms with Crippen LogP contribution in [0.2, 0.25) is 0 Å². The Bertz CT molecular complexity index is 1490. The minimum absolute atomic E-state index is 0. The van der Waals surface area contributed by atoms with E-state index in [9.17, 15) is 4.79 Å². The fourth-order valence-electron chi connectivity index (χ4n) is 4.20. The van der Waals surface area contributed by atoms with Gasteiger partial charge < -0.3 is 31.4 Å². The third-order valence-electron chi connectivity index (χ3n) is 5.87. The predicted octanol–water partition coefficient (Wildman–Crippen LogP) is 2.89. The summed E-state index contributed by atoms with van der Waals surface area (Å²) in [4.78, 5) is 15.6. The van der Waals surface area contributed by atoms with Gasteiger partial charge in [0.1, 0.15) is 11.3 Å². The van der Waals surface area contributed by atoms with Gasteiger partial charge in [0, 0.05) is 38.0 Å². The lowest BCUT2D eigenvalue weighted by molar-refractivity contribution is -0.676. The number of aromatic amines is 1. The molecule has 2 aromatic heterocycles. The third-order valence-corrected chi connectivity index (χ3v) is 6.64. The number of halogens is 2. The van der Waals surface area contributed by atoms with E-state index in [0.717, 1.165) is 43.3 Å². The maximum absolute atomic E-state index is 11.9. The number of carbonyl (C=O) groups excluding carboxylic acids is 1. The number of esters is 1. The Hall–Kier alpha value is -3.16. The topological polar surface area (TPSA) is 55.2 Å². The number of nitrogens with zero attached hydrogens (tertiary/aromatic N) is 1. The second-order valence-electron chi connectivity index (χ2n) is 7.78. The van der Waals surface area contributed by atoms with Crippen molar-refractivity contribution >= 4 is 43.7 Å². The molecule has 172 valence electrons. The van der Waals surface area contributed by atoms with Gasteiger partial charge in [0.05, 0.1) is 19.8 Å². The second kappa shape index (κ2) is 9.99. The number of aromatic nitrogens is 2. The largest absolute Gasteiger partial charge is 1.00 e. The highest BCUT2D eigenvalue weighted by Crippen LogP contribution is 2.33. The van der Waals surface area contributed by atoms with Crippen LogP contribution in [-0.2, 0) is 11.3 Å². The van der Waals surface area contributed by atoms with Gasteiger partial charge in [-0.1, -0.05) is 34.1 Å². The van der Waals surface area contributed by atoms with Gasteiger partial charge >= 0.3 is 5.97 Å². The van der Waals surface area contributed by atoms with Crippen molar-refractivity contribution in [1.82, 2.24) is 4.98 Å². The number of hydrogen-bond donors (Lipinski definition) is 1. The molecule has 0 unspecified atom stereocenters. The molecule has 2 heterocycles. The number of methoxy groups -OCH3 is 2. The van der Waals surface area contributed by atoms with Gasteiger partial charge in [0.25, 0.3) is 0 Å². The monoisotopic (exact) mass is 580 g/mol. The average molecular weight is 582 g/mol. The summed E-state index contributed by atoms with van der Waals surface area (Å²) in [6.07, 6.45) is 2.11. The first-order valence-electron chi connectivity index (χ1n) is 10.5. The fraction of sp³-hybridized carbons (Fsp3) is 0.111. The summed E-state index contributed by atoms with van der Waals surface area (Å²) in [7, 11) is 3.07. The van der Waals surface area contributed by atoms with E-state index in [0.29, 0.717) is 12.1 Å². The number of benzene rings is 3. The normalized spacial score (nSPS) is 10.8. The van der Waals surface area contributed by atoms with Crippen LogP contribution in [0.3, 0.4) is 0 Å². The summed E-state index contributed by atoms with van der Waals surface area (Å²) in [5.41, 5.74) is 5.79. The van der Waals surface area contributed by atoms with Crippen LogP contribution >= 0.6 is 15.9 Å². The van der Waals surface area contributed by atoms with Gasteiger partial charge in [-0.25, -0.2) is 4.79 Å². The first kappa shape index (κ1) is 24.0. The van der Waals surface area contributed by atoms with E-state index in [2.05, 4.69) is 55.9 Å².